The van der Waals surface area contributed by atoms with E-state index in [1.807, 2.05) is 0 Å². The average molecular weight is 387 g/mol. The zero-order valence-corrected chi connectivity index (χ0v) is 14.3. The molecule has 26 heavy (non-hydrogen) atoms. The minimum atomic E-state index is -4.42. The van der Waals surface area contributed by atoms with E-state index in [9.17, 15) is 13.2 Å². The molecular formula is C15H14ClF3N6O. The number of pyridine rings is 1. The quantitative estimate of drug-likeness (QED) is 0.472. The largest absolute Gasteiger partial charge is 0.491 e. The number of ether oxygens (including phenoxy) is 1. The molecule has 0 fully saturated rings. The Kier molecular flexibility index (Phi) is 4.86. The Labute approximate surface area is 151 Å². The van der Waals surface area contributed by atoms with Gasteiger partial charge in [0.1, 0.15) is 41.4 Å². The number of amidine groups is 2. The Hall–Kier alpha value is -2.62. The van der Waals surface area contributed by atoms with Crippen molar-refractivity contribution in [2.24, 2.45) is 4.99 Å². The normalized spacial score (nSPS) is 14.1. The molecule has 2 N–H and O–H groups in total. The SMILES string of the molecule is CC(=N)/N=C(\NCC(F)(F)F)c1cn2c(n1)-c1cnc(Cl)cc1OCC2. The highest BCUT2D eigenvalue weighted by atomic mass is 35.5. The summed E-state index contributed by atoms with van der Waals surface area (Å²) in [5.74, 6) is 0.696. The van der Waals surface area contributed by atoms with Crippen molar-refractivity contribution in [3.05, 3.63) is 29.3 Å². The van der Waals surface area contributed by atoms with Crippen LogP contribution in [0.4, 0.5) is 13.2 Å². The zero-order chi connectivity index (χ0) is 18.9. The number of halogens is 4. The van der Waals surface area contributed by atoms with E-state index in [-0.39, 0.29) is 22.5 Å². The number of hydrogen-bond donors (Lipinski definition) is 2. The molecule has 0 saturated carbocycles. The second kappa shape index (κ2) is 6.94. The molecule has 0 amide bonds. The highest BCUT2D eigenvalue weighted by molar-refractivity contribution is 6.29. The number of fused-ring (bicyclic) bond motifs is 3. The minimum Gasteiger partial charge on any atom is -0.491 e. The van der Waals surface area contributed by atoms with E-state index >= 15 is 0 Å². The molecule has 0 saturated heterocycles. The summed E-state index contributed by atoms with van der Waals surface area (Å²) in [5, 5.41) is 9.93. The molecule has 0 aromatic carbocycles. The van der Waals surface area contributed by atoms with Gasteiger partial charge in [0, 0.05) is 18.5 Å². The van der Waals surface area contributed by atoms with Crippen LogP contribution in [0.25, 0.3) is 11.4 Å². The molecule has 1 aliphatic rings. The van der Waals surface area contributed by atoms with Crippen LogP contribution < -0.4 is 10.1 Å². The molecule has 1 aliphatic heterocycles. The first-order chi connectivity index (χ1) is 12.2. The Morgan fingerprint density at radius 1 is 1.50 bits per heavy atom. The molecule has 7 nitrogen and oxygen atoms in total. The lowest BCUT2D eigenvalue weighted by Gasteiger charge is -2.10. The standard InChI is InChI=1S/C15H14ClF3N6O/c1-8(20)23-13(22-7-15(17,18)19)10-6-25-2-3-26-11-4-12(16)21-5-9(11)14(25)24-10/h4-6H,2-3,7H2,1H3,(H2,20,22,23). The summed E-state index contributed by atoms with van der Waals surface area (Å²) in [6.07, 6.45) is -1.37. The number of imidazole rings is 1. The molecule has 3 heterocycles. The van der Waals surface area contributed by atoms with Crippen LogP contribution in [0, 0.1) is 5.41 Å². The molecule has 0 spiro atoms. The summed E-state index contributed by atoms with van der Waals surface area (Å²) in [6.45, 7) is 0.858. The van der Waals surface area contributed by atoms with Crippen LogP contribution in [0.5, 0.6) is 5.75 Å². The molecule has 11 heteroatoms. The van der Waals surface area contributed by atoms with E-state index in [0.717, 1.165) is 0 Å². The average Bonchev–Trinajstić information content (AvgIpc) is 2.87. The summed E-state index contributed by atoms with van der Waals surface area (Å²) >= 11 is 5.88. The first kappa shape index (κ1) is 18.2. The van der Waals surface area contributed by atoms with Crippen LogP contribution in [0.15, 0.2) is 23.5 Å². The van der Waals surface area contributed by atoms with Gasteiger partial charge in [0.05, 0.1) is 12.1 Å². The lowest BCUT2D eigenvalue weighted by molar-refractivity contribution is -0.121. The van der Waals surface area contributed by atoms with Gasteiger partial charge in [0.15, 0.2) is 5.84 Å². The van der Waals surface area contributed by atoms with Gasteiger partial charge in [-0.2, -0.15) is 13.2 Å². The van der Waals surface area contributed by atoms with Gasteiger partial charge >= 0.3 is 6.18 Å². The summed E-state index contributed by atoms with van der Waals surface area (Å²) < 4.78 is 45.0. The van der Waals surface area contributed by atoms with Crippen molar-refractivity contribution in [2.45, 2.75) is 19.6 Å². The van der Waals surface area contributed by atoms with Gasteiger partial charge in [-0.15, -0.1) is 0 Å². The summed E-state index contributed by atoms with van der Waals surface area (Å²) in [5.41, 5.74) is 0.763. The summed E-state index contributed by atoms with van der Waals surface area (Å²) in [6, 6.07) is 1.56. The fourth-order valence-electron chi connectivity index (χ4n) is 2.41. The number of rotatable bonds is 2. The van der Waals surface area contributed by atoms with Crippen LogP contribution in [0.1, 0.15) is 12.6 Å². The summed E-state index contributed by atoms with van der Waals surface area (Å²) in [4.78, 5) is 12.2. The number of nitrogens with one attached hydrogen (secondary N) is 2. The van der Waals surface area contributed by atoms with Crippen LogP contribution >= 0.6 is 11.6 Å². The van der Waals surface area contributed by atoms with Crippen LogP contribution in [-0.4, -0.2) is 45.5 Å². The Balaban J connectivity index is 2.01. The molecule has 0 atom stereocenters. The topological polar surface area (TPSA) is 88.2 Å². The van der Waals surface area contributed by atoms with Gasteiger partial charge in [-0.05, 0) is 6.92 Å². The zero-order valence-electron chi connectivity index (χ0n) is 13.6. The maximum Gasteiger partial charge on any atom is 0.405 e. The number of nitrogens with zero attached hydrogens (tertiary/aromatic N) is 4. The van der Waals surface area contributed by atoms with Gasteiger partial charge < -0.3 is 14.6 Å². The van der Waals surface area contributed by atoms with Crippen LogP contribution in [-0.2, 0) is 6.54 Å². The number of hydrogen-bond acceptors (Lipinski definition) is 4. The predicted octanol–water partition coefficient (Wildman–Crippen LogP) is 2.89. The van der Waals surface area contributed by atoms with Crippen molar-refractivity contribution in [1.29, 1.82) is 5.41 Å². The van der Waals surface area contributed by atoms with Gasteiger partial charge in [0.25, 0.3) is 0 Å². The van der Waals surface area contributed by atoms with Gasteiger partial charge in [-0.3, -0.25) is 5.41 Å². The smallest absolute Gasteiger partial charge is 0.405 e. The lowest BCUT2D eigenvalue weighted by Crippen LogP contribution is -2.35. The highest BCUT2D eigenvalue weighted by Crippen LogP contribution is 2.32. The molecule has 0 aliphatic carbocycles. The van der Waals surface area contributed by atoms with Crippen molar-refractivity contribution < 1.29 is 17.9 Å². The van der Waals surface area contributed by atoms with Gasteiger partial charge in [-0.25, -0.2) is 15.0 Å². The predicted molar refractivity (Wildman–Crippen MR) is 90.0 cm³/mol. The third kappa shape index (κ3) is 4.13. The molecule has 0 unspecified atom stereocenters. The van der Waals surface area contributed by atoms with Crippen LogP contribution in [0.3, 0.4) is 0 Å². The van der Waals surface area contributed by atoms with Crippen LogP contribution in [0.2, 0.25) is 5.15 Å². The van der Waals surface area contributed by atoms with E-state index in [0.29, 0.717) is 30.3 Å². The number of alkyl halides is 3. The fraction of sp³-hybridized carbons (Fsp3) is 0.333. The summed E-state index contributed by atoms with van der Waals surface area (Å²) in [7, 11) is 0. The Bertz CT molecular complexity index is 877. The molecular weight excluding hydrogens is 373 g/mol. The molecule has 0 bridgehead atoms. The molecule has 138 valence electrons. The maximum atomic E-state index is 12.6. The first-order valence-corrected chi connectivity index (χ1v) is 7.91. The molecule has 3 rings (SSSR count). The van der Waals surface area contributed by atoms with Crippen molar-refractivity contribution in [1.82, 2.24) is 19.9 Å². The van der Waals surface area contributed by atoms with Gasteiger partial charge in [-0.1, -0.05) is 11.6 Å². The Morgan fingerprint density at radius 3 is 2.96 bits per heavy atom. The van der Waals surface area contributed by atoms with E-state index in [1.54, 1.807) is 16.8 Å². The minimum absolute atomic E-state index is 0.125. The van der Waals surface area contributed by atoms with Crippen molar-refractivity contribution in [3.8, 4) is 17.1 Å². The highest BCUT2D eigenvalue weighted by Gasteiger charge is 2.28. The lowest BCUT2D eigenvalue weighted by atomic mass is 10.2. The molecule has 2 aromatic rings. The van der Waals surface area contributed by atoms with Crippen molar-refractivity contribution in [3.63, 3.8) is 0 Å². The van der Waals surface area contributed by atoms with E-state index in [2.05, 4.69) is 20.3 Å². The van der Waals surface area contributed by atoms with E-state index < -0.39 is 12.7 Å². The fourth-order valence-corrected chi connectivity index (χ4v) is 2.56. The van der Waals surface area contributed by atoms with E-state index in [4.69, 9.17) is 21.7 Å². The first-order valence-electron chi connectivity index (χ1n) is 7.53. The third-order valence-corrected chi connectivity index (χ3v) is 3.62. The van der Waals surface area contributed by atoms with E-state index in [1.165, 1.54) is 13.1 Å². The Morgan fingerprint density at radius 2 is 2.27 bits per heavy atom. The number of aromatic nitrogens is 3. The monoisotopic (exact) mass is 386 g/mol. The second-order valence-corrected chi connectivity index (χ2v) is 5.90. The molecule has 0 radical (unpaired) electrons. The van der Waals surface area contributed by atoms with Crippen molar-refractivity contribution >= 4 is 23.3 Å². The van der Waals surface area contributed by atoms with Gasteiger partial charge in [0.2, 0.25) is 0 Å². The number of aliphatic imine (C=N–C) groups is 1. The maximum absolute atomic E-state index is 12.6. The molecule has 2 aromatic heterocycles. The third-order valence-electron chi connectivity index (χ3n) is 3.42. The second-order valence-electron chi connectivity index (χ2n) is 5.51. The van der Waals surface area contributed by atoms with Crippen molar-refractivity contribution in [2.75, 3.05) is 13.2 Å².